The molecule has 31 heavy (non-hydrogen) atoms. The van der Waals surface area contributed by atoms with Crippen molar-refractivity contribution in [3.63, 3.8) is 0 Å². The lowest BCUT2D eigenvalue weighted by Gasteiger charge is -2.46. The zero-order valence-electron chi connectivity index (χ0n) is 18.5. The highest BCUT2D eigenvalue weighted by Gasteiger charge is 2.47. The fourth-order valence-electron chi connectivity index (χ4n) is 5.23. The Morgan fingerprint density at radius 1 is 1.19 bits per heavy atom. The smallest absolute Gasteiger partial charge is 0.224 e. The second-order valence-electron chi connectivity index (χ2n) is 9.06. The van der Waals surface area contributed by atoms with Crippen LogP contribution < -0.4 is 15.1 Å². The number of amides is 1. The first-order valence-corrected chi connectivity index (χ1v) is 11.4. The maximum absolute atomic E-state index is 12.8. The van der Waals surface area contributed by atoms with Gasteiger partial charge in [0, 0.05) is 60.8 Å². The van der Waals surface area contributed by atoms with Crippen molar-refractivity contribution < 1.29 is 9.53 Å². The highest BCUT2D eigenvalue weighted by Crippen LogP contribution is 2.50. The lowest BCUT2D eigenvalue weighted by atomic mass is 9.79. The predicted molar refractivity (Wildman–Crippen MR) is 121 cm³/mol. The monoisotopic (exact) mass is 421 g/mol. The van der Waals surface area contributed by atoms with Crippen LogP contribution in [0.3, 0.4) is 0 Å². The number of hydrogen-bond acceptors (Lipinski definition) is 6. The van der Waals surface area contributed by atoms with Gasteiger partial charge in [-0.15, -0.1) is 0 Å². The third-order valence-corrected chi connectivity index (χ3v) is 6.87. The molecule has 1 saturated heterocycles. The van der Waals surface area contributed by atoms with Crippen molar-refractivity contribution in [2.24, 2.45) is 11.8 Å². The average molecular weight is 422 g/mol. The van der Waals surface area contributed by atoms with Gasteiger partial charge in [-0.3, -0.25) is 4.79 Å². The minimum Gasteiger partial charge on any atom is -0.378 e. The number of carbonyl (C=O) groups is 1. The molecule has 1 aromatic heterocycles. The van der Waals surface area contributed by atoms with Crippen LogP contribution in [0.4, 0.5) is 17.3 Å². The summed E-state index contributed by atoms with van der Waals surface area (Å²) in [5.41, 5.74) is 4.28. The number of nitrogens with one attached hydrogen (secondary N) is 1. The summed E-state index contributed by atoms with van der Waals surface area (Å²) in [5.74, 6) is 1.57. The van der Waals surface area contributed by atoms with Gasteiger partial charge in [-0.2, -0.15) is 0 Å². The number of carbonyl (C=O) groups excluding carboxylic acids is 1. The molecule has 164 valence electrons. The van der Waals surface area contributed by atoms with Crippen LogP contribution in [0.5, 0.6) is 0 Å². The minimum absolute atomic E-state index is 0.0407. The van der Waals surface area contributed by atoms with Crippen molar-refractivity contribution in [2.45, 2.75) is 45.7 Å². The van der Waals surface area contributed by atoms with Crippen molar-refractivity contribution in [3.8, 4) is 0 Å². The van der Waals surface area contributed by atoms with Crippen molar-refractivity contribution in [3.05, 3.63) is 41.7 Å². The maximum atomic E-state index is 12.8. The first kappa shape index (κ1) is 20.2. The molecule has 2 aromatic rings. The van der Waals surface area contributed by atoms with E-state index in [1.807, 2.05) is 13.0 Å². The Hall–Kier alpha value is -2.67. The second-order valence-corrected chi connectivity index (χ2v) is 9.06. The van der Waals surface area contributed by atoms with Gasteiger partial charge in [0.2, 0.25) is 11.9 Å². The van der Waals surface area contributed by atoms with Gasteiger partial charge in [0.05, 0.1) is 19.3 Å². The van der Waals surface area contributed by atoms with Gasteiger partial charge >= 0.3 is 0 Å². The summed E-state index contributed by atoms with van der Waals surface area (Å²) >= 11 is 0. The molecule has 0 spiro atoms. The standard InChI is InChI=1S/C24H31N5O2/c1-15-8-9-25-24(26-15)27-22-16(2)23(18-4-5-18)29(17(3)30)21-7-6-19(14-20(21)22)28-10-12-31-13-11-28/h6-9,14,16,18,22-23H,4-5,10-13H2,1-3H3,(H,25,26,27)/t16-,22?,23-/m1/s1. The van der Waals surface area contributed by atoms with Crippen LogP contribution in [0.1, 0.15) is 44.0 Å². The number of rotatable bonds is 4. The Balaban J connectivity index is 1.58. The molecule has 3 aliphatic rings. The summed E-state index contributed by atoms with van der Waals surface area (Å²) in [5, 5.41) is 3.63. The molecular formula is C24H31N5O2. The molecule has 3 heterocycles. The summed E-state index contributed by atoms with van der Waals surface area (Å²) in [7, 11) is 0. The van der Waals surface area contributed by atoms with E-state index < -0.39 is 0 Å². The van der Waals surface area contributed by atoms with Crippen LogP contribution in [0.25, 0.3) is 0 Å². The SMILES string of the molecule is CC(=O)N1c2ccc(N3CCOCC3)cc2C(Nc2nccc(C)n2)[C@@H](C)[C@@H]1C1CC1. The first-order valence-electron chi connectivity index (χ1n) is 11.4. The van der Waals surface area contributed by atoms with Crippen molar-refractivity contribution in [1.82, 2.24) is 9.97 Å². The lowest BCUT2D eigenvalue weighted by Crippen LogP contribution is -2.51. The Bertz CT molecular complexity index is 970. The molecular weight excluding hydrogens is 390 g/mol. The third-order valence-electron chi connectivity index (χ3n) is 6.87. The quantitative estimate of drug-likeness (QED) is 0.814. The zero-order valence-corrected chi connectivity index (χ0v) is 18.5. The Labute approximate surface area is 183 Å². The second kappa shape index (κ2) is 8.11. The normalized spacial score (nSPS) is 25.8. The summed E-state index contributed by atoms with van der Waals surface area (Å²) in [6.07, 6.45) is 4.17. The highest BCUT2D eigenvalue weighted by molar-refractivity contribution is 5.94. The van der Waals surface area contributed by atoms with Gasteiger partial charge in [0.25, 0.3) is 0 Å². The topological polar surface area (TPSA) is 70.6 Å². The van der Waals surface area contributed by atoms with Gasteiger partial charge in [0.15, 0.2) is 0 Å². The maximum Gasteiger partial charge on any atom is 0.224 e. The van der Waals surface area contributed by atoms with Crippen LogP contribution in [0, 0.1) is 18.8 Å². The summed E-state index contributed by atoms with van der Waals surface area (Å²) in [4.78, 5) is 26.3. The van der Waals surface area contributed by atoms with E-state index in [-0.39, 0.29) is 23.9 Å². The van der Waals surface area contributed by atoms with E-state index in [4.69, 9.17) is 4.74 Å². The lowest BCUT2D eigenvalue weighted by molar-refractivity contribution is -0.117. The number of fused-ring (bicyclic) bond motifs is 1. The molecule has 2 aliphatic heterocycles. The molecule has 1 unspecified atom stereocenters. The number of benzene rings is 1. The van der Waals surface area contributed by atoms with Gasteiger partial charge < -0.3 is 19.9 Å². The van der Waals surface area contributed by atoms with E-state index in [2.05, 4.69) is 50.2 Å². The molecule has 2 fully saturated rings. The number of nitrogens with zero attached hydrogens (tertiary/aromatic N) is 4. The number of ether oxygens (including phenoxy) is 1. The largest absolute Gasteiger partial charge is 0.378 e. The molecule has 7 nitrogen and oxygen atoms in total. The fraction of sp³-hybridized carbons (Fsp3) is 0.542. The van der Waals surface area contributed by atoms with Gasteiger partial charge in [-0.1, -0.05) is 6.92 Å². The number of aryl methyl sites for hydroxylation is 1. The van der Waals surface area contributed by atoms with Gasteiger partial charge in [-0.25, -0.2) is 9.97 Å². The Morgan fingerprint density at radius 2 is 1.97 bits per heavy atom. The summed E-state index contributed by atoms with van der Waals surface area (Å²) in [6.45, 7) is 9.19. The van der Waals surface area contributed by atoms with E-state index in [1.54, 1.807) is 13.1 Å². The van der Waals surface area contributed by atoms with Crippen molar-refractivity contribution in [2.75, 3.05) is 41.4 Å². The molecule has 0 bridgehead atoms. The van der Waals surface area contributed by atoms with Crippen molar-refractivity contribution >= 4 is 23.2 Å². The van der Waals surface area contributed by atoms with Gasteiger partial charge in [0.1, 0.15) is 0 Å². The van der Waals surface area contributed by atoms with E-state index in [0.717, 1.165) is 43.2 Å². The number of aromatic nitrogens is 2. The summed E-state index contributed by atoms with van der Waals surface area (Å²) < 4.78 is 5.53. The van der Waals surface area contributed by atoms with Crippen LogP contribution in [-0.2, 0) is 9.53 Å². The average Bonchev–Trinajstić information content (AvgIpc) is 3.60. The summed E-state index contributed by atoms with van der Waals surface area (Å²) in [6, 6.07) is 8.68. The van der Waals surface area contributed by atoms with Crippen LogP contribution >= 0.6 is 0 Å². The number of morpholine rings is 1. The molecule has 0 radical (unpaired) electrons. The van der Waals surface area contributed by atoms with E-state index in [0.29, 0.717) is 11.9 Å². The molecule has 5 rings (SSSR count). The van der Waals surface area contributed by atoms with Crippen molar-refractivity contribution in [1.29, 1.82) is 0 Å². The molecule has 1 saturated carbocycles. The molecule has 1 aromatic carbocycles. The minimum atomic E-state index is 0.0407. The predicted octanol–water partition coefficient (Wildman–Crippen LogP) is 3.56. The zero-order chi connectivity index (χ0) is 21.5. The van der Waals surface area contributed by atoms with Crippen LogP contribution in [0.2, 0.25) is 0 Å². The third kappa shape index (κ3) is 3.87. The van der Waals surface area contributed by atoms with Crippen LogP contribution in [0.15, 0.2) is 30.5 Å². The first-order chi connectivity index (χ1) is 15.0. The number of hydrogen-bond donors (Lipinski definition) is 1. The van der Waals surface area contributed by atoms with Gasteiger partial charge in [-0.05, 0) is 49.9 Å². The van der Waals surface area contributed by atoms with Crippen LogP contribution in [-0.4, -0.2) is 48.2 Å². The Kier molecular flexibility index (Phi) is 5.30. The molecule has 1 aliphatic carbocycles. The number of anilines is 3. The van der Waals surface area contributed by atoms with E-state index in [9.17, 15) is 4.79 Å². The highest BCUT2D eigenvalue weighted by atomic mass is 16.5. The van der Waals surface area contributed by atoms with E-state index in [1.165, 1.54) is 18.5 Å². The molecule has 7 heteroatoms. The van der Waals surface area contributed by atoms with E-state index >= 15 is 0 Å². The Morgan fingerprint density at radius 3 is 2.65 bits per heavy atom. The molecule has 1 N–H and O–H groups in total. The fourth-order valence-corrected chi connectivity index (χ4v) is 5.23. The molecule has 1 amide bonds. The molecule has 3 atom stereocenters.